The van der Waals surface area contributed by atoms with Gasteiger partial charge in [0.2, 0.25) is 0 Å². The van der Waals surface area contributed by atoms with Gasteiger partial charge >= 0.3 is 0 Å². The van der Waals surface area contributed by atoms with E-state index in [0.717, 1.165) is 37.7 Å². The predicted molar refractivity (Wildman–Crippen MR) is 80.6 cm³/mol. The van der Waals surface area contributed by atoms with Crippen molar-refractivity contribution in [1.29, 1.82) is 0 Å². The molecule has 20 heavy (non-hydrogen) atoms. The standard InChI is InChI=1S/C16H23N3O/c1-2-3-4-11-20-15-7-5-14(6-8-15)12-17-13-16-18-9-10-19-16/h5-10,17H,2-4,11-13H2,1H3,(H,18,19). The molecule has 0 unspecified atom stereocenters. The molecule has 0 radical (unpaired) electrons. The number of hydrogen-bond donors (Lipinski definition) is 2. The highest BCUT2D eigenvalue weighted by molar-refractivity contribution is 5.27. The van der Waals surface area contributed by atoms with E-state index >= 15 is 0 Å². The minimum atomic E-state index is 0.752. The zero-order chi connectivity index (χ0) is 14.0. The molecule has 0 spiro atoms. The first-order valence-corrected chi connectivity index (χ1v) is 7.29. The molecule has 2 rings (SSSR count). The number of ether oxygens (including phenoxy) is 1. The molecule has 0 aliphatic heterocycles. The fourth-order valence-corrected chi connectivity index (χ4v) is 1.97. The van der Waals surface area contributed by atoms with Crippen molar-refractivity contribution in [2.75, 3.05) is 6.61 Å². The monoisotopic (exact) mass is 273 g/mol. The summed E-state index contributed by atoms with van der Waals surface area (Å²) in [6.07, 6.45) is 7.19. The predicted octanol–water partition coefficient (Wildman–Crippen LogP) is 3.27. The Kier molecular flexibility index (Phi) is 6.11. The Bertz CT molecular complexity index is 465. The Hall–Kier alpha value is -1.81. The molecule has 0 fully saturated rings. The molecule has 2 aromatic rings. The summed E-state index contributed by atoms with van der Waals surface area (Å²) in [5.41, 5.74) is 1.25. The molecule has 2 N–H and O–H groups in total. The first-order valence-electron chi connectivity index (χ1n) is 7.29. The van der Waals surface area contributed by atoms with Gasteiger partial charge in [-0.05, 0) is 24.1 Å². The normalized spacial score (nSPS) is 10.7. The summed E-state index contributed by atoms with van der Waals surface area (Å²) in [6, 6.07) is 8.28. The molecular formula is C16H23N3O. The molecule has 1 heterocycles. The molecule has 0 bridgehead atoms. The highest BCUT2D eigenvalue weighted by Crippen LogP contribution is 2.12. The van der Waals surface area contributed by atoms with Gasteiger partial charge in [-0.15, -0.1) is 0 Å². The Morgan fingerprint density at radius 2 is 2.00 bits per heavy atom. The van der Waals surface area contributed by atoms with Crippen molar-refractivity contribution in [3.8, 4) is 5.75 Å². The molecule has 4 heteroatoms. The fourth-order valence-electron chi connectivity index (χ4n) is 1.97. The summed E-state index contributed by atoms with van der Waals surface area (Å²) in [4.78, 5) is 7.24. The first-order chi connectivity index (χ1) is 9.88. The number of unbranched alkanes of at least 4 members (excludes halogenated alkanes) is 2. The van der Waals surface area contributed by atoms with Crippen molar-refractivity contribution in [2.24, 2.45) is 0 Å². The van der Waals surface area contributed by atoms with Gasteiger partial charge in [-0.3, -0.25) is 0 Å². The summed E-state index contributed by atoms with van der Waals surface area (Å²) in [5.74, 6) is 1.91. The lowest BCUT2D eigenvalue weighted by molar-refractivity contribution is 0.306. The maximum atomic E-state index is 5.69. The lowest BCUT2D eigenvalue weighted by Gasteiger charge is -2.07. The molecule has 0 aliphatic carbocycles. The minimum absolute atomic E-state index is 0.752. The molecule has 0 aliphatic rings. The number of nitrogens with zero attached hydrogens (tertiary/aromatic N) is 1. The summed E-state index contributed by atoms with van der Waals surface area (Å²) in [5, 5.41) is 3.35. The highest BCUT2D eigenvalue weighted by atomic mass is 16.5. The summed E-state index contributed by atoms with van der Waals surface area (Å²) in [6.45, 7) is 4.59. The number of hydrogen-bond acceptors (Lipinski definition) is 3. The van der Waals surface area contributed by atoms with Gasteiger partial charge in [0.15, 0.2) is 0 Å². The zero-order valence-corrected chi connectivity index (χ0v) is 12.1. The van der Waals surface area contributed by atoms with E-state index in [1.54, 1.807) is 6.20 Å². The molecule has 4 nitrogen and oxygen atoms in total. The van der Waals surface area contributed by atoms with Crippen LogP contribution in [0.3, 0.4) is 0 Å². The van der Waals surface area contributed by atoms with E-state index in [9.17, 15) is 0 Å². The summed E-state index contributed by atoms with van der Waals surface area (Å²) >= 11 is 0. The van der Waals surface area contributed by atoms with Crippen molar-refractivity contribution in [2.45, 2.75) is 39.3 Å². The number of H-pyrrole nitrogens is 1. The van der Waals surface area contributed by atoms with Gasteiger partial charge < -0.3 is 15.0 Å². The Labute approximate surface area is 120 Å². The molecule has 0 saturated carbocycles. The number of aromatic amines is 1. The van der Waals surface area contributed by atoms with Crippen LogP contribution < -0.4 is 10.1 Å². The average molecular weight is 273 g/mol. The van der Waals surface area contributed by atoms with Crippen LogP contribution >= 0.6 is 0 Å². The van der Waals surface area contributed by atoms with Crippen LogP contribution in [0.5, 0.6) is 5.75 Å². The maximum Gasteiger partial charge on any atom is 0.120 e. The largest absolute Gasteiger partial charge is 0.494 e. The molecule has 0 amide bonds. The molecule has 0 saturated heterocycles. The van der Waals surface area contributed by atoms with Crippen molar-refractivity contribution in [1.82, 2.24) is 15.3 Å². The van der Waals surface area contributed by atoms with E-state index in [-0.39, 0.29) is 0 Å². The Morgan fingerprint density at radius 3 is 2.70 bits per heavy atom. The quantitative estimate of drug-likeness (QED) is 0.689. The summed E-state index contributed by atoms with van der Waals surface area (Å²) < 4.78 is 5.69. The number of nitrogens with one attached hydrogen (secondary N) is 2. The molecule has 0 atom stereocenters. The fraction of sp³-hybridized carbons (Fsp3) is 0.438. The van der Waals surface area contributed by atoms with Crippen LogP contribution in [0.25, 0.3) is 0 Å². The molecule has 1 aromatic carbocycles. The van der Waals surface area contributed by atoms with Gasteiger partial charge in [0, 0.05) is 18.9 Å². The molecule has 108 valence electrons. The lowest BCUT2D eigenvalue weighted by Crippen LogP contribution is -2.13. The van der Waals surface area contributed by atoms with Crippen molar-refractivity contribution < 1.29 is 4.74 Å². The van der Waals surface area contributed by atoms with E-state index in [1.807, 2.05) is 18.3 Å². The third-order valence-corrected chi connectivity index (χ3v) is 3.12. The number of benzene rings is 1. The number of imidazole rings is 1. The maximum absolute atomic E-state index is 5.69. The Morgan fingerprint density at radius 1 is 1.15 bits per heavy atom. The van der Waals surface area contributed by atoms with Crippen LogP contribution in [-0.4, -0.2) is 16.6 Å². The summed E-state index contributed by atoms with van der Waals surface area (Å²) in [7, 11) is 0. The Balaban J connectivity index is 1.68. The van der Waals surface area contributed by atoms with E-state index < -0.39 is 0 Å². The van der Waals surface area contributed by atoms with E-state index in [0.29, 0.717) is 0 Å². The van der Waals surface area contributed by atoms with E-state index in [1.165, 1.54) is 18.4 Å². The molecule has 1 aromatic heterocycles. The average Bonchev–Trinajstić information content (AvgIpc) is 2.98. The van der Waals surface area contributed by atoms with Crippen molar-refractivity contribution in [3.63, 3.8) is 0 Å². The van der Waals surface area contributed by atoms with Gasteiger partial charge in [-0.2, -0.15) is 0 Å². The van der Waals surface area contributed by atoms with Gasteiger partial charge in [-0.25, -0.2) is 4.98 Å². The van der Waals surface area contributed by atoms with Crippen LogP contribution in [0.1, 0.15) is 37.6 Å². The third kappa shape index (κ3) is 5.05. The van der Waals surface area contributed by atoms with Gasteiger partial charge in [-0.1, -0.05) is 31.9 Å². The van der Waals surface area contributed by atoms with Crippen LogP contribution in [0.2, 0.25) is 0 Å². The second-order valence-corrected chi connectivity index (χ2v) is 4.84. The smallest absolute Gasteiger partial charge is 0.120 e. The second kappa shape index (κ2) is 8.38. The third-order valence-electron chi connectivity index (χ3n) is 3.12. The number of rotatable bonds is 9. The van der Waals surface area contributed by atoms with Crippen molar-refractivity contribution in [3.05, 3.63) is 48.0 Å². The van der Waals surface area contributed by atoms with Gasteiger partial charge in [0.1, 0.15) is 11.6 Å². The van der Waals surface area contributed by atoms with Crippen LogP contribution in [0, 0.1) is 0 Å². The topological polar surface area (TPSA) is 49.9 Å². The van der Waals surface area contributed by atoms with Crippen LogP contribution in [0.15, 0.2) is 36.7 Å². The van der Waals surface area contributed by atoms with E-state index in [4.69, 9.17) is 4.74 Å². The first kappa shape index (κ1) is 14.6. The lowest BCUT2D eigenvalue weighted by atomic mass is 10.2. The van der Waals surface area contributed by atoms with Gasteiger partial charge in [0.05, 0.1) is 13.2 Å². The van der Waals surface area contributed by atoms with E-state index in [2.05, 4.69) is 34.3 Å². The van der Waals surface area contributed by atoms with Crippen LogP contribution in [0.4, 0.5) is 0 Å². The SMILES string of the molecule is CCCCCOc1ccc(CNCc2ncc[nH]2)cc1. The van der Waals surface area contributed by atoms with Crippen LogP contribution in [-0.2, 0) is 13.1 Å². The number of aromatic nitrogens is 2. The van der Waals surface area contributed by atoms with Crippen molar-refractivity contribution >= 4 is 0 Å². The van der Waals surface area contributed by atoms with Gasteiger partial charge in [0.25, 0.3) is 0 Å². The minimum Gasteiger partial charge on any atom is -0.494 e. The second-order valence-electron chi connectivity index (χ2n) is 4.84. The zero-order valence-electron chi connectivity index (χ0n) is 12.1. The molecular weight excluding hydrogens is 250 g/mol. The highest BCUT2D eigenvalue weighted by Gasteiger charge is 1.97.